The standard InChI is InChI=1S/C15H25N3/c1-3-14(4-2)18-15(11-5-6-11)12(10-17-18)9-16-13-7-8-13/h10-11,13-14,16H,3-9H2,1-2H3. The van der Waals surface area contributed by atoms with Crippen molar-refractivity contribution in [3.8, 4) is 0 Å². The number of rotatable bonds is 7. The van der Waals surface area contributed by atoms with Crippen LogP contribution in [0.2, 0.25) is 0 Å². The van der Waals surface area contributed by atoms with Gasteiger partial charge < -0.3 is 5.32 Å². The molecule has 0 saturated heterocycles. The Hall–Kier alpha value is -0.830. The molecule has 0 atom stereocenters. The van der Waals surface area contributed by atoms with Crippen molar-refractivity contribution in [2.75, 3.05) is 0 Å². The summed E-state index contributed by atoms with van der Waals surface area (Å²) in [6.45, 7) is 5.57. The molecule has 3 heteroatoms. The Morgan fingerprint density at radius 3 is 2.56 bits per heavy atom. The molecule has 0 amide bonds. The van der Waals surface area contributed by atoms with Crippen molar-refractivity contribution in [3.63, 3.8) is 0 Å². The van der Waals surface area contributed by atoms with Gasteiger partial charge in [0, 0.05) is 29.8 Å². The molecular formula is C15H25N3. The van der Waals surface area contributed by atoms with Gasteiger partial charge in [0.2, 0.25) is 0 Å². The first-order chi connectivity index (χ1) is 8.83. The number of aromatic nitrogens is 2. The number of nitrogens with zero attached hydrogens (tertiary/aromatic N) is 2. The normalized spacial score (nSPS) is 19.7. The molecular weight excluding hydrogens is 222 g/mol. The molecule has 1 heterocycles. The van der Waals surface area contributed by atoms with Crippen LogP contribution in [0.3, 0.4) is 0 Å². The molecule has 1 aromatic rings. The first kappa shape index (κ1) is 12.2. The van der Waals surface area contributed by atoms with E-state index in [1.54, 1.807) is 0 Å². The highest BCUT2D eigenvalue weighted by Gasteiger charge is 2.32. The fraction of sp³-hybridized carbons (Fsp3) is 0.800. The Labute approximate surface area is 110 Å². The van der Waals surface area contributed by atoms with E-state index < -0.39 is 0 Å². The van der Waals surface area contributed by atoms with Gasteiger partial charge >= 0.3 is 0 Å². The van der Waals surface area contributed by atoms with Crippen LogP contribution in [-0.4, -0.2) is 15.8 Å². The van der Waals surface area contributed by atoms with E-state index in [-0.39, 0.29) is 0 Å². The van der Waals surface area contributed by atoms with Crippen LogP contribution in [0.15, 0.2) is 6.20 Å². The Bertz CT molecular complexity index is 398. The Kier molecular flexibility index (Phi) is 3.42. The van der Waals surface area contributed by atoms with Crippen LogP contribution in [0.4, 0.5) is 0 Å². The number of nitrogens with one attached hydrogen (secondary N) is 1. The van der Waals surface area contributed by atoms with Crippen molar-refractivity contribution in [1.82, 2.24) is 15.1 Å². The highest BCUT2D eigenvalue weighted by Crippen LogP contribution is 2.43. The zero-order valence-corrected chi connectivity index (χ0v) is 11.7. The van der Waals surface area contributed by atoms with Crippen molar-refractivity contribution < 1.29 is 0 Å². The monoisotopic (exact) mass is 247 g/mol. The van der Waals surface area contributed by atoms with Crippen LogP contribution in [-0.2, 0) is 6.54 Å². The maximum absolute atomic E-state index is 4.69. The van der Waals surface area contributed by atoms with Crippen molar-refractivity contribution >= 4 is 0 Å². The molecule has 3 rings (SSSR count). The van der Waals surface area contributed by atoms with E-state index in [9.17, 15) is 0 Å². The maximum atomic E-state index is 4.69. The van der Waals surface area contributed by atoms with E-state index in [0.717, 1.165) is 18.5 Å². The van der Waals surface area contributed by atoms with Crippen LogP contribution >= 0.6 is 0 Å². The maximum Gasteiger partial charge on any atom is 0.0537 e. The third kappa shape index (κ3) is 2.46. The summed E-state index contributed by atoms with van der Waals surface area (Å²) in [5, 5.41) is 8.33. The molecule has 1 N–H and O–H groups in total. The zero-order valence-electron chi connectivity index (χ0n) is 11.7. The van der Waals surface area contributed by atoms with Gasteiger partial charge in [0.25, 0.3) is 0 Å². The van der Waals surface area contributed by atoms with E-state index in [2.05, 4.69) is 30.0 Å². The molecule has 100 valence electrons. The Morgan fingerprint density at radius 2 is 2.00 bits per heavy atom. The molecule has 3 nitrogen and oxygen atoms in total. The second-order valence-electron chi connectivity index (χ2n) is 5.90. The predicted molar refractivity (Wildman–Crippen MR) is 73.7 cm³/mol. The first-order valence-electron chi connectivity index (χ1n) is 7.63. The van der Waals surface area contributed by atoms with Gasteiger partial charge in [-0.2, -0.15) is 5.10 Å². The van der Waals surface area contributed by atoms with Crippen molar-refractivity contribution in [3.05, 3.63) is 17.5 Å². The average molecular weight is 247 g/mol. The lowest BCUT2D eigenvalue weighted by Gasteiger charge is -2.17. The molecule has 0 unspecified atom stereocenters. The minimum Gasteiger partial charge on any atom is -0.310 e. The molecule has 2 saturated carbocycles. The van der Waals surface area contributed by atoms with Crippen molar-refractivity contribution in [1.29, 1.82) is 0 Å². The van der Waals surface area contributed by atoms with Gasteiger partial charge in [-0.05, 0) is 38.5 Å². The fourth-order valence-corrected chi connectivity index (χ4v) is 2.82. The van der Waals surface area contributed by atoms with E-state index in [1.807, 2.05) is 0 Å². The molecule has 0 spiro atoms. The number of hydrogen-bond acceptors (Lipinski definition) is 2. The van der Waals surface area contributed by atoms with Crippen LogP contribution < -0.4 is 5.32 Å². The third-order valence-electron chi connectivity index (χ3n) is 4.32. The minimum atomic E-state index is 0.593. The van der Waals surface area contributed by atoms with E-state index >= 15 is 0 Å². The molecule has 0 bridgehead atoms. The lowest BCUT2D eigenvalue weighted by Crippen LogP contribution is -2.17. The summed E-state index contributed by atoms with van der Waals surface area (Å²) < 4.78 is 2.33. The predicted octanol–water partition coefficient (Wildman–Crippen LogP) is 3.37. The second-order valence-corrected chi connectivity index (χ2v) is 5.90. The first-order valence-corrected chi connectivity index (χ1v) is 7.63. The zero-order chi connectivity index (χ0) is 12.5. The SMILES string of the molecule is CCC(CC)n1ncc(CNC2CC2)c1C1CC1. The summed E-state index contributed by atoms with van der Waals surface area (Å²) >= 11 is 0. The highest BCUT2D eigenvalue weighted by molar-refractivity contribution is 5.26. The van der Waals surface area contributed by atoms with Gasteiger partial charge in [0.1, 0.15) is 0 Å². The number of hydrogen-bond donors (Lipinski definition) is 1. The lowest BCUT2D eigenvalue weighted by molar-refractivity contribution is 0.413. The molecule has 18 heavy (non-hydrogen) atoms. The lowest BCUT2D eigenvalue weighted by atomic mass is 10.1. The van der Waals surface area contributed by atoms with Crippen LogP contribution in [0.1, 0.15) is 75.6 Å². The van der Waals surface area contributed by atoms with Gasteiger partial charge in [-0.1, -0.05) is 13.8 Å². The summed E-state index contributed by atoms with van der Waals surface area (Å²) in [6.07, 6.45) is 9.94. The largest absolute Gasteiger partial charge is 0.310 e. The van der Waals surface area contributed by atoms with Crippen LogP contribution in [0.25, 0.3) is 0 Å². The smallest absolute Gasteiger partial charge is 0.0537 e. The molecule has 1 aromatic heterocycles. The van der Waals surface area contributed by atoms with Crippen LogP contribution in [0.5, 0.6) is 0 Å². The van der Waals surface area contributed by atoms with Crippen LogP contribution in [0, 0.1) is 0 Å². The van der Waals surface area contributed by atoms with Crippen molar-refractivity contribution in [2.24, 2.45) is 0 Å². The molecule has 2 aliphatic rings. The highest BCUT2D eigenvalue weighted by atomic mass is 15.3. The Balaban J connectivity index is 1.79. The molecule has 0 radical (unpaired) electrons. The van der Waals surface area contributed by atoms with Gasteiger partial charge in [-0.15, -0.1) is 0 Å². The summed E-state index contributed by atoms with van der Waals surface area (Å²) in [5.74, 6) is 0.795. The quantitative estimate of drug-likeness (QED) is 0.800. The topological polar surface area (TPSA) is 29.9 Å². The Morgan fingerprint density at radius 1 is 1.28 bits per heavy atom. The van der Waals surface area contributed by atoms with Crippen molar-refractivity contribution in [2.45, 2.75) is 76.9 Å². The molecule has 0 aromatic carbocycles. The van der Waals surface area contributed by atoms with Gasteiger partial charge in [0.05, 0.1) is 12.2 Å². The average Bonchev–Trinajstić information content (AvgIpc) is 3.29. The molecule has 0 aliphatic heterocycles. The van der Waals surface area contributed by atoms with Gasteiger partial charge in [-0.3, -0.25) is 4.68 Å². The van der Waals surface area contributed by atoms with Gasteiger partial charge in [0.15, 0.2) is 0 Å². The minimum absolute atomic E-state index is 0.593. The van der Waals surface area contributed by atoms with E-state index in [0.29, 0.717) is 6.04 Å². The summed E-state index contributed by atoms with van der Waals surface area (Å²) in [4.78, 5) is 0. The summed E-state index contributed by atoms with van der Waals surface area (Å²) in [7, 11) is 0. The third-order valence-corrected chi connectivity index (χ3v) is 4.32. The molecule has 2 aliphatic carbocycles. The second kappa shape index (κ2) is 5.04. The van der Waals surface area contributed by atoms with E-state index in [1.165, 1.54) is 49.8 Å². The van der Waals surface area contributed by atoms with E-state index in [4.69, 9.17) is 5.10 Å². The van der Waals surface area contributed by atoms with Gasteiger partial charge in [-0.25, -0.2) is 0 Å². The molecule has 2 fully saturated rings. The fourth-order valence-electron chi connectivity index (χ4n) is 2.82. The summed E-state index contributed by atoms with van der Waals surface area (Å²) in [5.41, 5.74) is 2.99. The summed E-state index contributed by atoms with van der Waals surface area (Å²) in [6, 6.07) is 1.38.